The predicted molar refractivity (Wildman–Crippen MR) is 73.1 cm³/mol. The van der Waals surface area contributed by atoms with Crippen LogP contribution in [0, 0.1) is 6.92 Å². The van der Waals surface area contributed by atoms with Crippen LogP contribution in [0.1, 0.15) is 21.6 Å². The summed E-state index contributed by atoms with van der Waals surface area (Å²) in [6.07, 6.45) is 3.31. The van der Waals surface area contributed by atoms with Crippen molar-refractivity contribution >= 4 is 16.7 Å². The Kier molecular flexibility index (Phi) is 2.63. The molecule has 2 heterocycles. The zero-order valence-corrected chi connectivity index (χ0v) is 10.8. The SMILES string of the molecule is Cc1ccc2cc(C(=O)c3cnn(C)c3)ccc2n1. The van der Waals surface area contributed by atoms with Crippen molar-refractivity contribution in [2.24, 2.45) is 7.05 Å². The number of aromatic nitrogens is 3. The van der Waals surface area contributed by atoms with Gasteiger partial charge in [-0.3, -0.25) is 14.5 Å². The molecule has 0 N–H and O–H groups in total. The van der Waals surface area contributed by atoms with E-state index in [-0.39, 0.29) is 5.78 Å². The van der Waals surface area contributed by atoms with Crippen molar-refractivity contribution < 1.29 is 4.79 Å². The molecule has 3 aromatic rings. The van der Waals surface area contributed by atoms with Crippen molar-refractivity contribution in [1.82, 2.24) is 14.8 Å². The maximum Gasteiger partial charge on any atom is 0.196 e. The van der Waals surface area contributed by atoms with Crippen molar-refractivity contribution in [3.05, 3.63) is 59.5 Å². The minimum Gasteiger partial charge on any atom is -0.288 e. The highest BCUT2D eigenvalue weighted by Gasteiger charge is 2.11. The molecule has 0 bridgehead atoms. The second-order valence-electron chi connectivity index (χ2n) is 4.59. The van der Waals surface area contributed by atoms with Gasteiger partial charge < -0.3 is 0 Å². The average molecular weight is 251 g/mol. The van der Waals surface area contributed by atoms with E-state index in [1.807, 2.05) is 37.3 Å². The summed E-state index contributed by atoms with van der Waals surface area (Å²) in [5, 5.41) is 4.99. The first-order chi connectivity index (χ1) is 9.13. The number of aryl methyl sites for hydroxylation is 2. The molecule has 0 amide bonds. The van der Waals surface area contributed by atoms with Crippen LogP contribution in [0.25, 0.3) is 10.9 Å². The van der Waals surface area contributed by atoms with Crippen molar-refractivity contribution in [2.75, 3.05) is 0 Å². The van der Waals surface area contributed by atoms with Gasteiger partial charge in [0.25, 0.3) is 0 Å². The van der Waals surface area contributed by atoms with Crippen molar-refractivity contribution in [2.45, 2.75) is 6.92 Å². The van der Waals surface area contributed by atoms with Gasteiger partial charge in [-0.25, -0.2) is 0 Å². The molecular weight excluding hydrogens is 238 g/mol. The van der Waals surface area contributed by atoms with E-state index in [1.165, 1.54) is 0 Å². The Morgan fingerprint density at radius 2 is 2.00 bits per heavy atom. The maximum absolute atomic E-state index is 12.3. The summed E-state index contributed by atoms with van der Waals surface area (Å²) >= 11 is 0. The second-order valence-corrected chi connectivity index (χ2v) is 4.59. The third kappa shape index (κ3) is 2.12. The van der Waals surface area contributed by atoms with E-state index in [0.717, 1.165) is 16.6 Å². The summed E-state index contributed by atoms with van der Waals surface area (Å²) in [5.74, 6) is -0.0180. The first-order valence-electron chi connectivity index (χ1n) is 6.04. The summed E-state index contributed by atoms with van der Waals surface area (Å²) in [7, 11) is 1.80. The number of pyridine rings is 1. The number of hydrogen-bond donors (Lipinski definition) is 0. The van der Waals surface area contributed by atoms with Gasteiger partial charge in [-0.15, -0.1) is 0 Å². The van der Waals surface area contributed by atoms with Crippen LogP contribution >= 0.6 is 0 Å². The number of fused-ring (bicyclic) bond motifs is 1. The maximum atomic E-state index is 12.3. The Bertz CT molecular complexity index is 774. The fourth-order valence-electron chi connectivity index (χ4n) is 2.07. The number of carbonyl (C=O) groups is 1. The fourth-order valence-corrected chi connectivity index (χ4v) is 2.07. The van der Waals surface area contributed by atoms with Crippen LogP contribution in [0.4, 0.5) is 0 Å². The first kappa shape index (κ1) is 11.6. The van der Waals surface area contributed by atoms with Crippen LogP contribution in [0.2, 0.25) is 0 Å². The van der Waals surface area contributed by atoms with Crippen molar-refractivity contribution in [3.8, 4) is 0 Å². The molecule has 3 rings (SSSR count). The highest BCUT2D eigenvalue weighted by molar-refractivity contribution is 6.10. The van der Waals surface area contributed by atoms with Crippen molar-refractivity contribution in [3.63, 3.8) is 0 Å². The molecule has 0 saturated carbocycles. The van der Waals surface area contributed by atoms with Gasteiger partial charge in [0, 0.05) is 29.9 Å². The van der Waals surface area contributed by atoms with E-state index < -0.39 is 0 Å². The van der Waals surface area contributed by atoms with Crippen LogP contribution in [0.3, 0.4) is 0 Å². The van der Waals surface area contributed by atoms with Crippen LogP contribution in [-0.4, -0.2) is 20.5 Å². The van der Waals surface area contributed by atoms with Crippen molar-refractivity contribution in [1.29, 1.82) is 0 Å². The number of carbonyl (C=O) groups excluding carboxylic acids is 1. The lowest BCUT2D eigenvalue weighted by molar-refractivity contribution is 0.103. The summed E-state index contributed by atoms with van der Waals surface area (Å²) in [5.41, 5.74) is 3.13. The zero-order valence-electron chi connectivity index (χ0n) is 10.8. The predicted octanol–water partition coefficient (Wildman–Crippen LogP) is 2.51. The molecule has 0 unspecified atom stereocenters. The fraction of sp³-hybridized carbons (Fsp3) is 0.133. The standard InChI is InChI=1S/C15H13N3O/c1-10-3-4-11-7-12(5-6-14(11)17-10)15(19)13-8-16-18(2)9-13/h3-9H,1-2H3. The van der Waals surface area contributed by atoms with Gasteiger partial charge in [-0.2, -0.15) is 5.10 Å². The molecule has 2 aromatic heterocycles. The van der Waals surface area contributed by atoms with Crippen LogP contribution in [0.5, 0.6) is 0 Å². The summed E-state index contributed by atoms with van der Waals surface area (Å²) in [6, 6.07) is 9.49. The van der Waals surface area contributed by atoms with Gasteiger partial charge >= 0.3 is 0 Å². The Labute approximate surface area is 110 Å². The average Bonchev–Trinajstić information content (AvgIpc) is 2.84. The molecule has 1 aromatic carbocycles. The smallest absolute Gasteiger partial charge is 0.196 e. The van der Waals surface area contributed by atoms with E-state index in [2.05, 4.69) is 10.1 Å². The Hall–Kier alpha value is -2.49. The molecule has 0 spiro atoms. The third-order valence-electron chi connectivity index (χ3n) is 3.06. The molecule has 0 aliphatic carbocycles. The van der Waals surface area contributed by atoms with Gasteiger partial charge in [0.15, 0.2) is 5.78 Å². The Morgan fingerprint density at radius 3 is 2.74 bits per heavy atom. The minimum atomic E-state index is -0.0180. The minimum absolute atomic E-state index is 0.0180. The Balaban J connectivity index is 2.06. The van der Waals surface area contributed by atoms with Gasteiger partial charge in [0.1, 0.15) is 0 Å². The zero-order chi connectivity index (χ0) is 13.4. The molecule has 4 heteroatoms. The molecule has 0 atom stereocenters. The van der Waals surface area contributed by atoms with Gasteiger partial charge in [0.2, 0.25) is 0 Å². The molecular formula is C15H13N3O. The summed E-state index contributed by atoms with van der Waals surface area (Å²) in [6.45, 7) is 1.95. The molecule has 4 nitrogen and oxygen atoms in total. The molecule has 0 saturated heterocycles. The largest absolute Gasteiger partial charge is 0.288 e. The second kappa shape index (κ2) is 4.31. The first-order valence-corrected chi connectivity index (χ1v) is 6.04. The topological polar surface area (TPSA) is 47.8 Å². The molecule has 0 fully saturated rings. The number of benzene rings is 1. The highest BCUT2D eigenvalue weighted by Crippen LogP contribution is 2.17. The van der Waals surface area contributed by atoms with Crippen LogP contribution < -0.4 is 0 Å². The quantitative estimate of drug-likeness (QED) is 0.657. The van der Waals surface area contributed by atoms with Crippen LogP contribution in [-0.2, 0) is 7.05 Å². The van der Waals surface area contributed by atoms with E-state index >= 15 is 0 Å². The lowest BCUT2D eigenvalue weighted by Crippen LogP contribution is -2.00. The van der Waals surface area contributed by atoms with Gasteiger partial charge in [-0.05, 0) is 31.2 Å². The monoisotopic (exact) mass is 251 g/mol. The molecule has 0 aliphatic rings. The molecule has 19 heavy (non-hydrogen) atoms. The normalized spacial score (nSPS) is 10.8. The lowest BCUT2D eigenvalue weighted by atomic mass is 10.0. The number of nitrogens with zero attached hydrogens (tertiary/aromatic N) is 3. The van der Waals surface area contributed by atoms with Gasteiger partial charge in [-0.1, -0.05) is 6.07 Å². The van der Waals surface area contributed by atoms with Crippen LogP contribution in [0.15, 0.2) is 42.7 Å². The van der Waals surface area contributed by atoms with Gasteiger partial charge in [0.05, 0.1) is 17.3 Å². The van der Waals surface area contributed by atoms with E-state index in [4.69, 9.17) is 0 Å². The van der Waals surface area contributed by atoms with E-state index in [1.54, 1.807) is 24.1 Å². The molecule has 0 aliphatic heterocycles. The van der Waals surface area contributed by atoms with E-state index in [0.29, 0.717) is 11.1 Å². The summed E-state index contributed by atoms with van der Waals surface area (Å²) in [4.78, 5) is 16.7. The number of rotatable bonds is 2. The number of ketones is 1. The Morgan fingerprint density at radius 1 is 1.16 bits per heavy atom. The lowest BCUT2D eigenvalue weighted by Gasteiger charge is -2.02. The molecule has 94 valence electrons. The third-order valence-corrected chi connectivity index (χ3v) is 3.06. The number of hydrogen-bond acceptors (Lipinski definition) is 3. The highest BCUT2D eigenvalue weighted by atomic mass is 16.1. The molecule has 0 radical (unpaired) electrons. The van der Waals surface area contributed by atoms with E-state index in [9.17, 15) is 4.79 Å². The summed E-state index contributed by atoms with van der Waals surface area (Å²) < 4.78 is 1.62.